The largest absolute Gasteiger partial charge is 0.467 e. The van der Waals surface area contributed by atoms with Gasteiger partial charge >= 0.3 is 6.01 Å². The van der Waals surface area contributed by atoms with Crippen molar-refractivity contribution in [2.45, 2.75) is 79.3 Å². The van der Waals surface area contributed by atoms with Crippen molar-refractivity contribution in [3.05, 3.63) is 84.3 Å². The Hall–Kier alpha value is -4.16. The Balaban J connectivity index is 0.000000618. The fraction of sp³-hybridized carbons (Fsp3) is 0.538. The van der Waals surface area contributed by atoms with Crippen LogP contribution in [0.2, 0.25) is 0 Å². The normalized spacial score (nSPS) is 18.3. The molecule has 0 aliphatic carbocycles. The Morgan fingerprint density at radius 1 is 1.12 bits per heavy atom. The molecule has 9 heteroatoms. The number of ether oxygens (including phenoxy) is 1. The molecule has 1 aromatic rings. The van der Waals surface area contributed by atoms with E-state index >= 15 is 0 Å². The van der Waals surface area contributed by atoms with Crippen molar-refractivity contribution < 1.29 is 9.53 Å². The number of nitriles is 1. The molecule has 2 unspecified atom stereocenters. The summed E-state index contributed by atoms with van der Waals surface area (Å²) in [5.74, 6) is 1.12. The van der Waals surface area contributed by atoms with Gasteiger partial charge in [0.15, 0.2) is 0 Å². The van der Waals surface area contributed by atoms with Crippen LogP contribution in [0.1, 0.15) is 71.6 Å². The monoisotopic (exact) mass is 657 g/mol. The van der Waals surface area contributed by atoms with E-state index in [2.05, 4.69) is 92.6 Å². The van der Waals surface area contributed by atoms with Gasteiger partial charge in [0.05, 0.1) is 37.9 Å². The van der Waals surface area contributed by atoms with Crippen LogP contribution in [-0.2, 0) is 17.8 Å². The average Bonchev–Trinajstić information content (AvgIpc) is 3.58. The van der Waals surface area contributed by atoms with E-state index in [0.717, 1.165) is 47.7 Å². The van der Waals surface area contributed by atoms with E-state index in [1.54, 1.807) is 12.0 Å². The first kappa shape index (κ1) is 40.0. The highest BCUT2D eigenvalue weighted by atomic mass is 16.5. The van der Waals surface area contributed by atoms with Crippen molar-refractivity contribution in [3.63, 3.8) is 0 Å². The summed E-state index contributed by atoms with van der Waals surface area (Å²) in [5.41, 5.74) is 5.47. The number of nitrogens with zero attached hydrogens (tertiary/aromatic N) is 7. The molecule has 2 fully saturated rings. The Bertz CT molecular complexity index is 1360. The maximum Gasteiger partial charge on any atom is 0.318 e. The Morgan fingerprint density at radius 2 is 1.81 bits per heavy atom. The van der Waals surface area contributed by atoms with Gasteiger partial charge in [0, 0.05) is 37.4 Å². The first-order valence-electron chi connectivity index (χ1n) is 17.2. The zero-order valence-corrected chi connectivity index (χ0v) is 30.7. The number of piperazine rings is 1. The van der Waals surface area contributed by atoms with E-state index in [-0.39, 0.29) is 18.4 Å². The first-order valence-corrected chi connectivity index (χ1v) is 17.2. The fourth-order valence-electron chi connectivity index (χ4n) is 5.62. The molecule has 0 saturated carbocycles. The number of allylic oxidation sites excluding steroid dienone is 7. The maximum absolute atomic E-state index is 12.3. The van der Waals surface area contributed by atoms with Crippen LogP contribution in [0.5, 0.6) is 6.01 Å². The summed E-state index contributed by atoms with van der Waals surface area (Å²) in [7, 11) is 3.74. The molecule has 4 heterocycles. The number of methoxy groups -OCH3 is 1. The van der Waals surface area contributed by atoms with Gasteiger partial charge in [-0.1, -0.05) is 50.0 Å². The zero-order chi connectivity index (χ0) is 35.6. The second-order valence-corrected chi connectivity index (χ2v) is 12.9. The lowest BCUT2D eigenvalue weighted by Crippen LogP contribution is -2.55. The van der Waals surface area contributed by atoms with Crippen LogP contribution in [0.4, 0.5) is 5.82 Å². The molecule has 1 aromatic heterocycles. The number of anilines is 1. The van der Waals surface area contributed by atoms with Crippen LogP contribution in [0.15, 0.2) is 73.0 Å². The van der Waals surface area contributed by atoms with E-state index in [1.807, 2.05) is 19.9 Å². The quantitative estimate of drug-likeness (QED) is 0.153. The minimum absolute atomic E-state index is 0.148. The molecule has 3 aliphatic heterocycles. The second-order valence-electron chi connectivity index (χ2n) is 12.9. The number of fused-ring (bicyclic) bond motifs is 1. The van der Waals surface area contributed by atoms with Crippen molar-refractivity contribution in [2.75, 3.05) is 58.3 Å². The number of likely N-dealkylation sites (tertiary alicyclic amines) is 1. The molecule has 4 rings (SSSR count). The Kier molecular flexibility index (Phi) is 17.5. The van der Waals surface area contributed by atoms with E-state index in [0.29, 0.717) is 38.1 Å². The van der Waals surface area contributed by atoms with Gasteiger partial charge in [0.2, 0.25) is 5.91 Å². The highest BCUT2D eigenvalue weighted by molar-refractivity contribution is 5.87. The molecule has 0 radical (unpaired) electrons. The lowest BCUT2D eigenvalue weighted by Gasteiger charge is -2.42. The molecule has 1 amide bonds. The summed E-state index contributed by atoms with van der Waals surface area (Å²) in [4.78, 5) is 30.3. The van der Waals surface area contributed by atoms with Crippen LogP contribution >= 0.6 is 0 Å². The zero-order valence-electron chi connectivity index (χ0n) is 30.7. The molecule has 9 nitrogen and oxygen atoms in total. The minimum Gasteiger partial charge on any atom is -0.467 e. The summed E-state index contributed by atoms with van der Waals surface area (Å²) < 4.78 is 5.47. The third-order valence-corrected chi connectivity index (χ3v) is 8.76. The van der Waals surface area contributed by atoms with Crippen LogP contribution in [0, 0.1) is 17.2 Å². The van der Waals surface area contributed by atoms with Crippen molar-refractivity contribution in [2.24, 2.45) is 5.92 Å². The van der Waals surface area contributed by atoms with E-state index in [9.17, 15) is 10.1 Å². The molecule has 2 saturated heterocycles. The number of amides is 1. The molecule has 0 spiro atoms. The lowest BCUT2D eigenvalue weighted by atomic mass is 10.0. The molecule has 48 heavy (non-hydrogen) atoms. The van der Waals surface area contributed by atoms with Gasteiger partial charge in [-0.15, -0.1) is 6.58 Å². The summed E-state index contributed by atoms with van der Waals surface area (Å²) in [6.45, 7) is 27.7. The number of carbonyl (C=O) groups excluding carboxylic acids is 1. The molecule has 0 bridgehead atoms. The highest BCUT2D eigenvalue weighted by Gasteiger charge is 2.33. The summed E-state index contributed by atoms with van der Waals surface area (Å²) >= 11 is 0. The molecule has 0 N–H and O–H groups in total. The molecule has 0 aromatic carbocycles. The number of aromatic nitrogens is 2. The number of hydrogen-bond acceptors (Lipinski definition) is 8. The van der Waals surface area contributed by atoms with Gasteiger partial charge in [-0.25, -0.2) is 0 Å². The molecular formula is C39H59N7O2. The summed E-state index contributed by atoms with van der Waals surface area (Å²) in [6, 6.07) is 2.31. The number of rotatable bonds is 10. The fourth-order valence-corrected chi connectivity index (χ4v) is 5.62. The van der Waals surface area contributed by atoms with Gasteiger partial charge < -0.3 is 24.3 Å². The van der Waals surface area contributed by atoms with Crippen molar-refractivity contribution in [3.8, 4) is 12.1 Å². The van der Waals surface area contributed by atoms with Crippen LogP contribution < -0.4 is 9.64 Å². The van der Waals surface area contributed by atoms with Crippen LogP contribution in [-0.4, -0.2) is 90.0 Å². The van der Waals surface area contributed by atoms with Gasteiger partial charge in [0.1, 0.15) is 5.82 Å². The summed E-state index contributed by atoms with van der Waals surface area (Å²) in [6.07, 6.45) is 16.5. The highest BCUT2D eigenvalue weighted by Crippen LogP contribution is 2.32. The standard InChI is InChI=1S/C29H38N6O2.C5H11N.C5H10/c1-7-22(5)11-9-10-12-26(21(3)4)33-16-14-24-25(20-33)31-29(37-6)32-28(24)34-17-18-35(27(36)8-2)23(19-34)13-15-30;1-6-4-2-3-5-6;1-4-5(2)3/h7-10,12,22-23H,1-3,11,13-14,16-20H2,4-6H3;2-5H2,1H3;4H,1-3H3/b10-9-,26-12+;;. The van der Waals surface area contributed by atoms with Gasteiger partial charge in [-0.05, 0) is 97.2 Å². The molecule has 3 aliphatic rings. The minimum atomic E-state index is -0.227. The predicted octanol–water partition coefficient (Wildman–Crippen LogP) is 6.87. The van der Waals surface area contributed by atoms with Crippen molar-refractivity contribution in [1.82, 2.24) is 24.7 Å². The third kappa shape index (κ3) is 12.5. The average molecular weight is 658 g/mol. The summed E-state index contributed by atoms with van der Waals surface area (Å²) in [5, 5.41) is 9.36. The second kappa shape index (κ2) is 20.9. The van der Waals surface area contributed by atoms with Gasteiger partial charge in [-0.3, -0.25) is 4.79 Å². The topological polar surface area (TPSA) is 88.8 Å². The van der Waals surface area contributed by atoms with E-state index in [1.165, 1.54) is 37.6 Å². The SMILES string of the molecule is C=CC(=O)N1CCN(c2nc(OC)nc3c2CCN(/C(=C/C=C\CC(C)C=C)C(=C)C)C3)CC1CC#N.CC=C(C)C.CN1CCCC1. The molecular weight excluding hydrogens is 598 g/mol. The smallest absolute Gasteiger partial charge is 0.318 e. The van der Waals surface area contributed by atoms with Crippen LogP contribution in [0.3, 0.4) is 0 Å². The van der Waals surface area contributed by atoms with Gasteiger partial charge in [0.25, 0.3) is 0 Å². The molecule has 262 valence electrons. The Morgan fingerprint density at radius 3 is 2.33 bits per heavy atom. The number of carbonyl (C=O) groups is 1. The third-order valence-electron chi connectivity index (χ3n) is 8.76. The Labute approximate surface area is 290 Å². The molecule has 2 atom stereocenters. The first-order chi connectivity index (χ1) is 23.0. The van der Waals surface area contributed by atoms with Crippen LogP contribution in [0.25, 0.3) is 0 Å². The van der Waals surface area contributed by atoms with Crippen molar-refractivity contribution >= 4 is 11.7 Å². The maximum atomic E-state index is 12.3. The van der Waals surface area contributed by atoms with E-state index in [4.69, 9.17) is 14.7 Å². The van der Waals surface area contributed by atoms with E-state index < -0.39 is 0 Å². The predicted molar refractivity (Wildman–Crippen MR) is 199 cm³/mol. The van der Waals surface area contributed by atoms with Crippen molar-refractivity contribution in [1.29, 1.82) is 5.26 Å². The number of hydrogen-bond donors (Lipinski definition) is 0. The lowest BCUT2D eigenvalue weighted by molar-refractivity contribution is -0.128. The van der Waals surface area contributed by atoms with Gasteiger partial charge in [-0.2, -0.15) is 15.2 Å².